The lowest BCUT2D eigenvalue weighted by Crippen LogP contribution is -2.47. The molecule has 0 aromatic heterocycles. The Labute approximate surface area is 227 Å². The van der Waals surface area contributed by atoms with Crippen LogP contribution in [0.25, 0.3) is 0 Å². The molecular formula is C32H58O2Si2. The topological polar surface area (TPSA) is 18.5 Å². The SMILES string of the molecule is CC1=CC[C@H](C(C)C)[C@@H]2[C@H]1[C@@H](CC#C[Si](C)(C)C)O[C@H]2/C(C)=C\CCO[Si](C(C)C)(C(C)C)C(C)C. The molecule has 5 atom stereocenters. The Bertz CT molecular complexity index is 813. The van der Waals surface area contributed by atoms with E-state index in [9.17, 15) is 0 Å². The molecule has 0 spiro atoms. The van der Waals surface area contributed by atoms with Gasteiger partial charge in [-0.2, -0.15) is 0 Å². The third-order valence-electron chi connectivity index (χ3n) is 8.93. The summed E-state index contributed by atoms with van der Waals surface area (Å²) in [5, 5.41) is 0. The van der Waals surface area contributed by atoms with Crippen molar-refractivity contribution < 1.29 is 9.16 Å². The summed E-state index contributed by atoms with van der Waals surface area (Å²) in [6.07, 6.45) is 8.36. The Hall–Kier alpha value is -0.606. The molecule has 0 aromatic rings. The summed E-state index contributed by atoms with van der Waals surface area (Å²) in [5.74, 6) is 5.93. The monoisotopic (exact) mass is 530 g/mol. The molecule has 206 valence electrons. The van der Waals surface area contributed by atoms with Gasteiger partial charge < -0.3 is 9.16 Å². The first kappa shape index (κ1) is 31.6. The van der Waals surface area contributed by atoms with Gasteiger partial charge in [0, 0.05) is 24.9 Å². The van der Waals surface area contributed by atoms with Gasteiger partial charge in [0.2, 0.25) is 0 Å². The van der Waals surface area contributed by atoms with Crippen molar-refractivity contribution in [1.29, 1.82) is 0 Å². The van der Waals surface area contributed by atoms with Crippen LogP contribution >= 0.6 is 0 Å². The number of allylic oxidation sites excluding steroid dienone is 1. The van der Waals surface area contributed by atoms with Crippen molar-refractivity contribution in [3.63, 3.8) is 0 Å². The fourth-order valence-electron chi connectivity index (χ4n) is 7.36. The van der Waals surface area contributed by atoms with Gasteiger partial charge in [-0.3, -0.25) is 0 Å². The van der Waals surface area contributed by atoms with Crippen molar-refractivity contribution in [2.24, 2.45) is 23.7 Å². The minimum absolute atomic E-state index is 0.201. The molecule has 1 saturated heterocycles. The Morgan fingerprint density at radius 1 is 1.06 bits per heavy atom. The van der Waals surface area contributed by atoms with Crippen LogP contribution in [0.4, 0.5) is 0 Å². The summed E-state index contributed by atoms with van der Waals surface area (Å²) in [5.41, 5.74) is 8.39. The molecular weight excluding hydrogens is 473 g/mol. The molecule has 2 nitrogen and oxygen atoms in total. The molecule has 1 aliphatic heterocycles. The lowest BCUT2D eigenvalue weighted by molar-refractivity contribution is 0.0465. The van der Waals surface area contributed by atoms with Crippen LogP contribution in [0.1, 0.15) is 88.5 Å². The molecule has 0 unspecified atom stereocenters. The van der Waals surface area contributed by atoms with E-state index in [-0.39, 0.29) is 12.2 Å². The lowest BCUT2D eigenvalue weighted by atomic mass is 9.65. The molecule has 0 bridgehead atoms. The number of rotatable bonds is 10. The molecule has 2 rings (SSSR count). The molecule has 0 saturated carbocycles. The van der Waals surface area contributed by atoms with E-state index in [1.165, 1.54) is 17.6 Å². The summed E-state index contributed by atoms with van der Waals surface area (Å²) < 4.78 is 13.8. The van der Waals surface area contributed by atoms with Crippen LogP contribution in [0.5, 0.6) is 0 Å². The van der Waals surface area contributed by atoms with E-state index in [1.807, 2.05) is 0 Å². The van der Waals surface area contributed by atoms with Gasteiger partial charge in [0.25, 0.3) is 0 Å². The van der Waals surface area contributed by atoms with E-state index >= 15 is 0 Å². The average molecular weight is 531 g/mol. The van der Waals surface area contributed by atoms with Crippen LogP contribution in [0, 0.1) is 35.1 Å². The second-order valence-corrected chi connectivity index (χ2v) is 24.2. The van der Waals surface area contributed by atoms with Gasteiger partial charge in [-0.25, -0.2) is 0 Å². The van der Waals surface area contributed by atoms with E-state index < -0.39 is 16.4 Å². The van der Waals surface area contributed by atoms with Gasteiger partial charge in [-0.05, 0) is 60.7 Å². The number of fused-ring (bicyclic) bond motifs is 1. The summed E-state index contributed by atoms with van der Waals surface area (Å²) in [7, 11) is -3.19. The highest BCUT2D eigenvalue weighted by atomic mass is 28.4. The predicted molar refractivity (Wildman–Crippen MR) is 163 cm³/mol. The number of ether oxygens (including phenoxy) is 1. The molecule has 1 fully saturated rings. The highest BCUT2D eigenvalue weighted by molar-refractivity contribution is 6.83. The third kappa shape index (κ3) is 7.28. The highest BCUT2D eigenvalue weighted by Crippen LogP contribution is 2.51. The molecule has 0 radical (unpaired) electrons. The van der Waals surface area contributed by atoms with E-state index in [4.69, 9.17) is 9.16 Å². The maximum atomic E-state index is 6.92. The van der Waals surface area contributed by atoms with Crippen molar-refractivity contribution in [2.45, 2.75) is 137 Å². The summed E-state index contributed by atoms with van der Waals surface area (Å²) in [4.78, 5) is 0. The third-order valence-corrected chi connectivity index (χ3v) is 16.0. The first-order valence-electron chi connectivity index (χ1n) is 14.8. The standard InChI is InChI=1S/C32H58O2Si2/c1-22(2)28-19-18-26(9)30-29(17-15-21-35(11,12)13)34-32(31(28)30)27(10)16-14-20-33-36(23(3)4,24(5)6)25(7)8/h16,18,22-25,28-32H,14,17,19-20H2,1-13H3/b27-16-/t28-,29-,30-,31-,32+/m1/s1. The largest absolute Gasteiger partial charge is 0.416 e. The zero-order chi connectivity index (χ0) is 27.4. The van der Waals surface area contributed by atoms with Crippen LogP contribution in [-0.2, 0) is 9.16 Å². The van der Waals surface area contributed by atoms with Crippen LogP contribution in [0.2, 0.25) is 36.3 Å². The minimum Gasteiger partial charge on any atom is -0.416 e. The summed E-state index contributed by atoms with van der Waals surface area (Å²) in [6.45, 7) is 31.5. The second-order valence-electron chi connectivity index (χ2n) is 13.9. The zero-order valence-electron chi connectivity index (χ0n) is 26.0. The van der Waals surface area contributed by atoms with Crippen molar-refractivity contribution in [3.05, 3.63) is 23.3 Å². The molecule has 36 heavy (non-hydrogen) atoms. The Balaban J connectivity index is 2.24. The van der Waals surface area contributed by atoms with Crippen molar-refractivity contribution in [2.75, 3.05) is 6.61 Å². The molecule has 0 amide bonds. The quantitative estimate of drug-likeness (QED) is 0.121. The number of hydrogen-bond donors (Lipinski definition) is 0. The van der Waals surface area contributed by atoms with E-state index in [0.29, 0.717) is 40.3 Å². The summed E-state index contributed by atoms with van der Waals surface area (Å²) >= 11 is 0. The number of hydrogen-bond acceptors (Lipinski definition) is 2. The maximum Gasteiger partial charge on any atom is 0.200 e. The highest BCUT2D eigenvalue weighted by Gasteiger charge is 2.50. The Morgan fingerprint density at radius 3 is 2.14 bits per heavy atom. The zero-order valence-corrected chi connectivity index (χ0v) is 28.0. The summed E-state index contributed by atoms with van der Waals surface area (Å²) in [6, 6.07) is 0. The Morgan fingerprint density at radius 2 is 1.64 bits per heavy atom. The lowest BCUT2D eigenvalue weighted by Gasteiger charge is -2.42. The fourth-order valence-corrected chi connectivity index (χ4v) is 13.5. The van der Waals surface area contributed by atoms with Gasteiger partial charge in [0.15, 0.2) is 8.32 Å². The van der Waals surface area contributed by atoms with E-state index in [1.54, 1.807) is 0 Å². The molecule has 4 heteroatoms. The normalized spacial score (nSPS) is 27.5. The second kappa shape index (κ2) is 13.0. The van der Waals surface area contributed by atoms with Gasteiger partial charge >= 0.3 is 0 Å². The fraction of sp³-hybridized carbons (Fsp3) is 0.812. The molecule has 0 aromatic carbocycles. The van der Waals surface area contributed by atoms with Crippen LogP contribution in [0.15, 0.2) is 23.3 Å². The Kier molecular flexibility index (Phi) is 11.4. The van der Waals surface area contributed by atoms with E-state index in [2.05, 4.69) is 112 Å². The average Bonchev–Trinajstić information content (AvgIpc) is 3.12. The van der Waals surface area contributed by atoms with Crippen molar-refractivity contribution >= 4 is 16.4 Å². The van der Waals surface area contributed by atoms with Crippen LogP contribution in [0.3, 0.4) is 0 Å². The maximum absolute atomic E-state index is 6.92. The van der Waals surface area contributed by atoms with Gasteiger partial charge in [-0.15, -0.1) is 11.5 Å². The predicted octanol–water partition coefficient (Wildman–Crippen LogP) is 9.41. The van der Waals surface area contributed by atoms with Crippen LogP contribution < -0.4 is 0 Å². The van der Waals surface area contributed by atoms with Gasteiger partial charge in [-0.1, -0.05) is 92.8 Å². The molecule has 0 N–H and O–H groups in total. The van der Waals surface area contributed by atoms with Gasteiger partial charge in [0.05, 0.1) is 12.2 Å². The van der Waals surface area contributed by atoms with Crippen LogP contribution in [-0.4, -0.2) is 35.2 Å². The van der Waals surface area contributed by atoms with Gasteiger partial charge in [0.1, 0.15) is 8.07 Å². The molecule has 1 heterocycles. The first-order chi connectivity index (χ1) is 16.6. The van der Waals surface area contributed by atoms with Crippen molar-refractivity contribution in [1.82, 2.24) is 0 Å². The molecule has 2 aliphatic rings. The molecule has 1 aliphatic carbocycles. The minimum atomic E-state index is -1.82. The smallest absolute Gasteiger partial charge is 0.200 e. The van der Waals surface area contributed by atoms with Crippen molar-refractivity contribution in [3.8, 4) is 11.5 Å². The first-order valence-corrected chi connectivity index (χ1v) is 20.4. The van der Waals surface area contributed by atoms with E-state index in [0.717, 1.165) is 19.4 Å².